The SMILES string of the molecule is Cc1noc(C)c1S(=O)(=O)N(CC(N)=O)C1CCNCC1. The van der Waals surface area contributed by atoms with Crippen molar-refractivity contribution >= 4 is 15.9 Å². The molecule has 0 radical (unpaired) electrons. The summed E-state index contributed by atoms with van der Waals surface area (Å²) in [7, 11) is -3.87. The Morgan fingerprint density at radius 3 is 2.52 bits per heavy atom. The molecule has 21 heavy (non-hydrogen) atoms. The van der Waals surface area contributed by atoms with Crippen LogP contribution in [0.4, 0.5) is 0 Å². The van der Waals surface area contributed by atoms with Crippen molar-refractivity contribution in [2.45, 2.75) is 37.6 Å². The maximum Gasteiger partial charge on any atom is 0.249 e. The predicted octanol–water partition coefficient (Wildman–Crippen LogP) is -0.481. The monoisotopic (exact) mass is 316 g/mol. The molecule has 1 aliphatic rings. The van der Waals surface area contributed by atoms with Crippen LogP contribution in [0.25, 0.3) is 0 Å². The largest absolute Gasteiger partial charge is 0.369 e. The number of piperidine rings is 1. The van der Waals surface area contributed by atoms with E-state index in [1.165, 1.54) is 11.2 Å². The smallest absolute Gasteiger partial charge is 0.249 e. The van der Waals surface area contributed by atoms with E-state index >= 15 is 0 Å². The first kappa shape index (κ1) is 15.9. The maximum atomic E-state index is 12.9. The second-order valence-corrected chi connectivity index (χ2v) is 6.98. The molecule has 8 nitrogen and oxygen atoms in total. The number of nitrogens with one attached hydrogen (secondary N) is 1. The summed E-state index contributed by atoms with van der Waals surface area (Å²) in [5, 5.41) is 6.84. The second kappa shape index (κ2) is 6.12. The molecule has 0 spiro atoms. The van der Waals surface area contributed by atoms with E-state index < -0.39 is 15.9 Å². The van der Waals surface area contributed by atoms with Gasteiger partial charge in [-0.2, -0.15) is 4.31 Å². The van der Waals surface area contributed by atoms with Crippen LogP contribution in [0.15, 0.2) is 9.42 Å². The number of primary amides is 1. The highest BCUT2D eigenvalue weighted by molar-refractivity contribution is 7.89. The number of sulfonamides is 1. The number of hydrogen-bond acceptors (Lipinski definition) is 6. The fraction of sp³-hybridized carbons (Fsp3) is 0.667. The quantitative estimate of drug-likeness (QED) is 0.757. The molecule has 2 heterocycles. The van der Waals surface area contributed by atoms with Gasteiger partial charge in [0.15, 0.2) is 5.76 Å². The summed E-state index contributed by atoms with van der Waals surface area (Å²) >= 11 is 0. The van der Waals surface area contributed by atoms with Gasteiger partial charge in [0.25, 0.3) is 0 Å². The standard InChI is InChI=1S/C12H20N4O4S/c1-8-12(9(2)20-15-8)21(18,19)16(7-11(13)17)10-3-5-14-6-4-10/h10,14H,3-7H2,1-2H3,(H2,13,17). The summed E-state index contributed by atoms with van der Waals surface area (Å²) in [5.41, 5.74) is 5.51. The number of carbonyl (C=O) groups is 1. The zero-order chi connectivity index (χ0) is 15.6. The van der Waals surface area contributed by atoms with E-state index in [-0.39, 0.29) is 28.9 Å². The first-order valence-electron chi connectivity index (χ1n) is 6.77. The molecule has 1 aromatic heterocycles. The normalized spacial score (nSPS) is 17.3. The Hall–Kier alpha value is -1.45. The molecule has 3 N–H and O–H groups in total. The van der Waals surface area contributed by atoms with Gasteiger partial charge < -0.3 is 15.6 Å². The molecule has 0 aliphatic carbocycles. The number of nitrogens with two attached hydrogens (primary N) is 1. The highest BCUT2D eigenvalue weighted by atomic mass is 32.2. The topological polar surface area (TPSA) is 119 Å². The summed E-state index contributed by atoms with van der Waals surface area (Å²) in [6.07, 6.45) is 1.27. The van der Waals surface area contributed by atoms with Gasteiger partial charge in [0.05, 0.1) is 6.54 Å². The minimum absolute atomic E-state index is 0.0299. The molecule has 118 valence electrons. The van der Waals surface area contributed by atoms with Crippen molar-refractivity contribution in [3.8, 4) is 0 Å². The predicted molar refractivity (Wildman–Crippen MR) is 75.0 cm³/mol. The van der Waals surface area contributed by atoms with Crippen molar-refractivity contribution in [3.63, 3.8) is 0 Å². The van der Waals surface area contributed by atoms with Crippen LogP contribution in [0.1, 0.15) is 24.3 Å². The van der Waals surface area contributed by atoms with E-state index in [1.807, 2.05) is 0 Å². The summed E-state index contributed by atoms with van der Waals surface area (Å²) in [6, 6.07) is -0.252. The molecule has 0 atom stereocenters. The van der Waals surface area contributed by atoms with Crippen molar-refractivity contribution in [2.75, 3.05) is 19.6 Å². The van der Waals surface area contributed by atoms with E-state index in [0.29, 0.717) is 25.9 Å². The van der Waals surface area contributed by atoms with Crippen molar-refractivity contribution in [3.05, 3.63) is 11.5 Å². The van der Waals surface area contributed by atoms with E-state index in [9.17, 15) is 13.2 Å². The molecule has 1 amide bonds. The lowest BCUT2D eigenvalue weighted by molar-refractivity contribution is -0.118. The van der Waals surface area contributed by atoms with Gasteiger partial charge in [-0.25, -0.2) is 8.42 Å². The zero-order valence-corrected chi connectivity index (χ0v) is 12.9. The van der Waals surface area contributed by atoms with Gasteiger partial charge in [-0.3, -0.25) is 4.79 Å². The van der Waals surface area contributed by atoms with Gasteiger partial charge in [0.1, 0.15) is 10.6 Å². The third-order valence-corrected chi connectivity index (χ3v) is 5.71. The Kier molecular flexibility index (Phi) is 4.64. The van der Waals surface area contributed by atoms with Gasteiger partial charge >= 0.3 is 0 Å². The van der Waals surface area contributed by atoms with Crippen LogP contribution in [-0.2, 0) is 14.8 Å². The minimum atomic E-state index is -3.87. The third kappa shape index (κ3) is 3.25. The molecule has 1 saturated heterocycles. The van der Waals surface area contributed by atoms with E-state index in [0.717, 1.165) is 0 Å². The van der Waals surface area contributed by atoms with E-state index in [2.05, 4.69) is 10.5 Å². The molecule has 0 saturated carbocycles. The molecular formula is C12H20N4O4S. The van der Waals surface area contributed by atoms with Crippen LogP contribution < -0.4 is 11.1 Å². The highest BCUT2D eigenvalue weighted by Crippen LogP contribution is 2.26. The number of carbonyl (C=O) groups excluding carboxylic acids is 1. The molecule has 1 aromatic rings. The summed E-state index contributed by atoms with van der Waals surface area (Å²) in [4.78, 5) is 11.3. The lowest BCUT2D eigenvalue weighted by atomic mass is 10.1. The number of aryl methyl sites for hydroxylation is 2. The van der Waals surface area contributed by atoms with E-state index in [4.69, 9.17) is 10.3 Å². The molecule has 1 aliphatic heterocycles. The maximum absolute atomic E-state index is 12.9. The van der Waals surface area contributed by atoms with Gasteiger partial charge in [0.2, 0.25) is 15.9 Å². The zero-order valence-electron chi connectivity index (χ0n) is 12.1. The van der Waals surface area contributed by atoms with E-state index in [1.54, 1.807) is 6.92 Å². The van der Waals surface area contributed by atoms with Crippen LogP contribution in [-0.4, -0.2) is 49.5 Å². The Morgan fingerprint density at radius 1 is 1.43 bits per heavy atom. The summed E-state index contributed by atoms with van der Waals surface area (Å²) < 4.78 is 31.9. The third-order valence-electron chi connectivity index (χ3n) is 3.56. The average Bonchev–Trinajstić information content (AvgIpc) is 2.76. The minimum Gasteiger partial charge on any atom is -0.369 e. The molecule has 1 fully saturated rings. The van der Waals surface area contributed by atoms with Crippen LogP contribution in [0.5, 0.6) is 0 Å². The lowest BCUT2D eigenvalue weighted by Crippen LogP contribution is -2.49. The number of amides is 1. The Balaban J connectivity index is 2.41. The molecule has 0 bridgehead atoms. The molecule has 0 aromatic carbocycles. The first-order chi connectivity index (χ1) is 9.84. The molecule has 0 unspecified atom stereocenters. The van der Waals surface area contributed by atoms with Gasteiger partial charge in [-0.05, 0) is 39.8 Å². The molecule has 2 rings (SSSR count). The Morgan fingerprint density at radius 2 is 2.05 bits per heavy atom. The van der Waals surface area contributed by atoms with Gasteiger partial charge in [-0.15, -0.1) is 0 Å². The second-order valence-electron chi connectivity index (χ2n) is 5.15. The number of nitrogens with zero attached hydrogens (tertiary/aromatic N) is 2. The van der Waals surface area contributed by atoms with Crippen molar-refractivity contribution in [2.24, 2.45) is 5.73 Å². The number of aromatic nitrogens is 1. The Bertz CT molecular complexity index is 600. The lowest BCUT2D eigenvalue weighted by Gasteiger charge is -2.32. The van der Waals surface area contributed by atoms with Crippen molar-refractivity contribution < 1.29 is 17.7 Å². The van der Waals surface area contributed by atoms with Crippen molar-refractivity contribution in [1.29, 1.82) is 0 Å². The van der Waals surface area contributed by atoms with Crippen LogP contribution in [0.2, 0.25) is 0 Å². The molecular weight excluding hydrogens is 296 g/mol. The highest BCUT2D eigenvalue weighted by Gasteiger charge is 2.37. The average molecular weight is 316 g/mol. The van der Waals surface area contributed by atoms with Crippen molar-refractivity contribution in [1.82, 2.24) is 14.8 Å². The van der Waals surface area contributed by atoms with Crippen LogP contribution >= 0.6 is 0 Å². The number of hydrogen-bond donors (Lipinski definition) is 2. The molecule has 9 heteroatoms. The fourth-order valence-electron chi connectivity index (χ4n) is 2.62. The van der Waals surface area contributed by atoms with Gasteiger partial charge in [-0.1, -0.05) is 5.16 Å². The van der Waals surface area contributed by atoms with Crippen LogP contribution in [0.3, 0.4) is 0 Å². The fourth-order valence-corrected chi connectivity index (χ4v) is 4.56. The first-order valence-corrected chi connectivity index (χ1v) is 8.21. The summed E-state index contributed by atoms with van der Waals surface area (Å²) in [5.74, 6) is -0.459. The van der Waals surface area contributed by atoms with Gasteiger partial charge in [0, 0.05) is 6.04 Å². The van der Waals surface area contributed by atoms with Crippen LogP contribution in [0, 0.1) is 13.8 Å². The number of rotatable bonds is 5. The summed E-state index contributed by atoms with van der Waals surface area (Å²) in [6.45, 7) is 4.18. The Labute approximate surface area is 123 Å².